The molecule has 0 aliphatic heterocycles. The molecule has 0 saturated carbocycles. The molecule has 0 saturated heterocycles. The Kier molecular flexibility index (Phi) is 6.42. The molecule has 0 spiro atoms. The van der Waals surface area contributed by atoms with Crippen molar-refractivity contribution in [3.63, 3.8) is 0 Å². The average molecular weight is 450 g/mol. The molecular weight excluding hydrogens is 433 g/mol. The van der Waals surface area contributed by atoms with E-state index in [0.717, 1.165) is 12.1 Å². The maximum Gasteiger partial charge on any atom is 0.416 e. The standard InChI is InChI=1S/C20H17F3N4O5/c1-10(25-18(29)15-16(31-11(2)28)14(30-3)8-9-24-15)17-26-19(32-27-17)12-4-6-13(7-5-12)20(21,22)23/h4-10H,1-3H3,(H,25,29)/t10-/m0/s1. The van der Waals surface area contributed by atoms with E-state index in [0.29, 0.717) is 0 Å². The fourth-order valence-corrected chi connectivity index (χ4v) is 2.65. The van der Waals surface area contributed by atoms with Crippen molar-refractivity contribution in [3.05, 3.63) is 53.6 Å². The molecule has 0 fully saturated rings. The third kappa shape index (κ3) is 5.02. The Morgan fingerprint density at radius 1 is 1.16 bits per heavy atom. The van der Waals surface area contributed by atoms with Crippen LogP contribution in [-0.4, -0.2) is 34.1 Å². The van der Waals surface area contributed by atoms with Gasteiger partial charge in [0.1, 0.15) is 0 Å². The van der Waals surface area contributed by atoms with Gasteiger partial charge in [0.2, 0.25) is 5.75 Å². The van der Waals surface area contributed by atoms with E-state index in [2.05, 4.69) is 20.4 Å². The lowest BCUT2D eigenvalue weighted by Gasteiger charge is -2.14. The SMILES string of the molecule is COc1ccnc(C(=O)N[C@@H](C)c2noc(-c3ccc(C(F)(F)F)cc3)n2)c1OC(C)=O. The third-order valence-corrected chi connectivity index (χ3v) is 4.19. The quantitative estimate of drug-likeness (QED) is 0.567. The van der Waals surface area contributed by atoms with Gasteiger partial charge in [0.15, 0.2) is 17.3 Å². The van der Waals surface area contributed by atoms with E-state index in [1.54, 1.807) is 6.92 Å². The number of esters is 1. The third-order valence-electron chi connectivity index (χ3n) is 4.19. The predicted octanol–water partition coefficient (Wildman–Crippen LogP) is 3.58. The maximum absolute atomic E-state index is 12.7. The Morgan fingerprint density at radius 3 is 2.44 bits per heavy atom. The van der Waals surface area contributed by atoms with Crippen LogP contribution in [0.5, 0.6) is 11.5 Å². The van der Waals surface area contributed by atoms with Crippen LogP contribution in [-0.2, 0) is 11.0 Å². The molecule has 2 aromatic heterocycles. The summed E-state index contributed by atoms with van der Waals surface area (Å²) in [6, 6.07) is 4.86. The Morgan fingerprint density at radius 2 is 1.84 bits per heavy atom. The van der Waals surface area contributed by atoms with E-state index in [1.807, 2.05) is 0 Å². The highest BCUT2D eigenvalue weighted by Gasteiger charge is 2.30. The number of ether oxygens (including phenoxy) is 2. The predicted molar refractivity (Wildman–Crippen MR) is 103 cm³/mol. The molecule has 32 heavy (non-hydrogen) atoms. The van der Waals surface area contributed by atoms with Crippen LogP contribution in [0, 0.1) is 0 Å². The summed E-state index contributed by atoms with van der Waals surface area (Å²) >= 11 is 0. The smallest absolute Gasteiger partial charge is 0.416 e. The van der Waals surface area contributed by atoms with Crippen molar-refractivity contribution < 1.29 is 36.8 Å². The van der Waals surface area contributed by atoms with Gasteiger partial charge in [0.05, 0.1) is 18.7 Å². The van der Waals surface area contributed by atoms with Gasteiger partial charge < -0.3 is 19.3 Å². The molecule has 0 aliphatic rings. The molecular formula is C20H17F3N4O5. The van der Waals surface area contributed by atoms with Crippen molar-refractivity contribution in [3.8, 4) is 23.0 Å². The first-order valence-corrected chi connectivity index (χ1v) is 9.13. The zero-order valence-corrected chi connectivity index (χ0v) is 17.1. The molecule has 168 valence electrons. The number of halogens is 3. The van der Waals surface area contributed by atoms with Crippen molar-refractivity contribution >= 4 is 11.9 Å². The molecule has 1 atom stereocenters. The summed E-state index contributed by atoms with van der Waals surface area (Å²) in [5, 5.41) is 6.35. The number of pyridine rings is 1. The second-order valence-corrected chi connectivity index (χ2v) is 6.51. The van der Waals surface area contributed by atoms with Gasteiger partial charge in [-0.3, -0.25) is 9.59 Å². The minimum absolute atomic E-state index is 0.0186. The minimum Gasteiger partial charge on any atom is -0.493 e. The number of alkyl halides is 3. The summed E-state index contributed by atoms with van der Waals surface area (Å²) in [5.74, 6) is -1.32. The first-order valence-electron chi connectivity index (χ1n) is 9.13. The van der Waals surface area contributed by atoms with Gasteiger partial charge in [-0.05, 0) is 31.2 Å². The number of hydrogen-bond donors (Lipinski definition) is 1. The number of nitrogens with zero attached hydrogens (tertiary/aromatic N) is 3. The number of nitrogens with one attached hydrogen (secondary N) is 1. The summed E-state index contributed by atoms with van der Waals surface area (Å²) in [4.78, 5) is 32.1. The summed E-state index contributed by atoms with van der Waals surface area (Å²) in [5.41, 5.74) is -0.726. The highest BCUT2D eigenvalue weighted by molar-refractivity contribution is 5.96. The molecule has 1 aromatic carbocycles. The summed E-state index contributed by atoms with van der Waals surface area (Å²) in [7, 11) is 1.34. The highest BCUT2D eigenvalue weighted by Crippen LogP contribution is 2.31. The van der Waals surface area contributed by atoms with Crippen LogP contribution >= 0.6 is 0 Å². The average Bonchev–Trinajstić information content (AvgIpc) is 3.23. The van der Waals surface area contributed by atoms with Gasteiger partial charge in [0.25, 0.3) is 11.8 Å². The number of methoxy groups -OCH3 is 1. The van der Waals surface area contributed by atoms with E-state index in [4.69, 9.17) is 14.0 Å². The lowest BCUT2D eigenvalue weighted by atomic mass is 10.1. The largest absolute Gasteiger partial charge is 0.493 e. The molecule has 0 aliphatic carbocycles. The van der Waals surface area contributed by atoms with Crippen LogP contribution in [0.1, 0.15) is 41.8 Å². The molecule has 0 unspecified atom stereocenters. The van der Waals surface area contributed by atoms with E-state index >= 15 is 0 Å². The maximum atomic E-state index is 12.7. The number of carbonyl (C=O) groups is 2. The Hall–Kier alpha value is -3.96. The van der Waals surface area contributed by atoms with Crippen LogP contribution in [0.4, 0.5) is 13.2 Å². The van der Waals surface area contributed by atoms with Crippen LogP contribution in [0.2, 0.25) is 0 Å². The van der Waals surface area contributed by atoms with Crippen LogP contribution in [0.15, 0.2) is 41.1 Å². The molecule has 0 bridgehead atoms. The molecule has 12 heteroatoms. The monoisotopic (exact) mass is 450 g/mol. The van der Waals surface area contributed by atoms with Crippen LogP contribution in [0.3, 0.4) is 0 Å². The molecule has 3 aromatic rings. The lowest BCUT2D eigenvalue weighted by molar-refractivity contribution is -0.137. The van der Waals surface area contributed by atoms with Crippen molar-refractivity contribution in [2.45, 2.75) is 26.1 Å². The summed E-state index contributed by atoms with van der Waals surface area (Å²) in [6.07, 6.45) is -3.15. The molecule has 0 radical (unpaired) electrons. The van der Waals surface area contributed by atoms with Gasteiger partial charge in [-0.25, -0.2) is 4.98 Å². The first-order chi connectivity index (χ1) is 15.1. The molecule has 3 rings (SSSR count). The first kappa shape index (κ1) is 22.7. The number of carbonyl (C=O) groups excluding carboxylic acids is 2. The number of aromatic nitrogens is 3. The van der Waals surface area contributed by atoms with Crippen molar-refractivity contribution in [2.75, 3.05) is 7.11 Å². The normalized spacial score (nSPS) is 12.2. The van der Waals surface area contributed by atoms with E-state index < -0.39 is 29.7 Å². The van der Waals surface area contributed by atoms with E-state index in [9.17, 15) is 22.8 Å². The topological polar surface area (TPSA) is 116 Å². The number of benzene rings is 1. The molecule has 2 heterocycles. The van der Waals surface area contributed by atoms with Gasteiger partial charge in [-0.2, -0.15) is 18.2 Å². The summed E-state index contributed by atoms with van der Waals surface area (Å²) < 4.78 is 53.4. The second kappa shape index (κ2) is 9.04. The minimum atomic E-state index is -4.46. The zero-order chi connectivity index (χ0) is 23.5. The lowest BCUT2D eigenvalue weighted by Crippen LogP contribution is -2.29. The zero-order valence-electron chi connectivity index (χ0n) is 17.1. The Labute approximate surface area is 179 Å². The van der Waals surface area contributed by atoms with Crippen LogP contribution < -0.4 is 14.8 Å². The van der Waals surface area contributed by atoms with Gasteiger partial charge >= 0.3 is 12.1 Å². The fraction of sp³-hybridized carbons (Fsp3) is 0.250. The summed E-state index contributed by atoms with van der Waals surface area (Å²) in [6.45, 7) is 2.73. The number of rotatable bonds is 6. The fourth-order valence-electron chi connectivity index (χ4n) is 2.65. The van der Waals surface area contributed by atoms with Gasteiger partial charge in [-0.1, -0.05) is 5.16 Å². The Bertz CT molecular complexity index is 1130. The van der Waals surface area contributed by atoms with Gasteiger partial charge in [-0.15, -0.1) is 0 Å². The van der Waals surface area contributed by atoms with Crippen molar-refractivity contribution in [2.24, 2.45) is 0 Å². The van der Waals surface area contributed by atoms with E-state index in [-0.39, 0.29) is 34.5 Å². The second-order valence-electron chi connectivity index (χ2n) is 6.51. The highest BCUT2D eigenvalue weighted by atomic mass is 19.4. The van der Waals surface area contributed by atoms with Crippen molar-refractivity contribution in [1.82, 2.24) is 20.4 Å². The van der Waals surface area contributed by atoms with Crippen LogP contribution in [0.25, 0.3) is 11.5 Å². The molecule has 1 amide bonds. The molecule has 9 nitrogen and oxygen atoms in total. The molecule has 1 N–H and O–H groups in total. The Balaban J connectivity index is 1.78. The van der Waals surface area contributed by atoms with Crippen molar-refractivity contribution in [1.29, 1.82) is 0 Å². The van der Waals surface area contributed by atoms with E-state index in [1.165, 1.54) is 38.4 Å². The number of amides is 1. The number of hydrogen-bond acceptors (Lipinski definition) is 8. The van der Waals surface area contributed by atoms with Gasteiger partial charge in [0, 0.05) is 24.8 Å².